The molecule has 0 radical (unpaired) electrons. The van der Waals surface area contributed by atoms with E-state index in [1.165, 1.54) is 0 Å². The molecule has 6 heteroatoms. The highest BCUT2D eigenvalue weighted by molar-refractivity contribution is 5.71. The molecule has 0 aliphatic carbocycles. The molecule has 1 aliphatic rings. The molecule has 1 aromatic carbocycles. The minimum atomic E-state index is 0.514. The molecule has 2 aromatic heterocycles. The number of likely N-dealkylation sites (N-methyl/N-ethyl adjacent to an activating group) is 1. The minimum Gasteiger partial charge on any atom is -0.353 e. The van der Waals surface area contributed by atoms with Crippen molar-refractivity contribution in [1.29, 1.82) is 0 Å². The predicted molar refractivity (Wildman–Crippen MR) is 97.4 cm³/mol. The number of nitrogens with zero attached hydrogens (tertiary/aromatic N) is 5. The molecule has 0 N–H and O–H groups in total. The molecule has 6 nitrogen and oxygen atoms in total. The van der Waals surface area contributed by atoms with E-state index in [1.54, 1.807) is 0 Å². The van der Waals surface area contributed by atoms with Gasteiger partial charge in [0.15, 0.2) is 0 Å². The van der Waals surface area contributed by atoms with E-state index < -0.39 is 0 Å². The normalized spacial score (nSPS) is 15.5. The number of hydrogen-bond donors (Lipinski definition) is 0. The summed E-state index contributed by atoms with van der Waals surface area (Å²) >= 11 is 0. The lowest BCUT2D eigenvalue weighted by molar-refractivity contribution is 0.312. The van der Waals surface area contributed by atoms with Crippen molar-refractivity contribution in [3.63, 3.8) is 0 Å². The molecule has 3 aromatic rings. The zero-order valence-electron chi connectivity index (χ0n) is 14.5. The molecule has 1 aliphatic heterocycles. The summed E-state index contributed by atoms with van der Waals surface area (Å²) in [7, 11) is 2.14. The highest BCUT2D eigenvalue weighted by atomic mass is 16.5. The Morgan fingerprint density at radius 3 is 2.52 bits per heavy atom. The van der Waals surface area contributed by atoms with Crippen LogP contribution in [0.25, 0.3) is 22.8 Å². The van der Waals surface area contributed by atoms with Crippen LogP contribution in [-0.2, 0) is 0 Å². The van der Waals surface area contributed by atoms with Gasteiger partial charge in [-0.05, 0) is 31.7 Å². The van der Waals surface area contributed by atoms with Crippen molar-refractivity contribution in [2.75, 3.05) is 38.1 Å². The van der Waals surface area contributed by atoms with Crippen molar-refractivity contribution < 1.29 is 4.52 Å². The number of aryl methyl sites for hydroxylation is 1. The zero-order valence-corrected chi connectivity index (χ0v) is 14.5. The van der Waals surface area contributed by atoms with Gasteiger partial charge < -0.3 is 14.3 Å². The number of hydrogen-bond acceptors (Lipinski definition) is 6. The number of benzene rings is 1. The van der Waals surface area contributed by atoms with Crippen LogP contribution < -0.4 is 4.90 Å². The van der Waals surface area contributed by atoms with E-state index in [1.807, 2.05) is 49.5 Å². The second-order valence-electron chi connectivity index (χ2n) is 6.40. The fraction of sp³-hybridized carbons (Fsp3) is 0.316. The summed E-state index contributed by atoms with van der Waals surface area (Å²) in [6.07, 6.45) is 1.82. The predicted octanol–water partition coefficient (Wildman–Crippen LogP) is 2.86. The number of aromatic nitrogens is 3. The van der Waals surface area contributed by atoms with Crippen molar-refractivity contribution in [2.45, 2.75) is 6.92 Å². The molecule has 4 rings (SSSR count). The molecule has 0 bridgehead atoms. The van der Waals surface area contributed by atoms with E-state index in [-0.39, 0.29) is 0 Å². The molecule has 128 valence electrons. The Balaban J connectivity index is 1.68. The van der Waals surface area contributed by atoms with Crippen molar-refractivity contribution in [2.24, 2.45) is 0 Å². The smallest absolute Gasteiger partial charge is 0.261 e. The third-order valence-electron chi connectivity index (χ3n) is 4.63. The molecule has 0 amide bonds. The van der Waals surface area contributed by atoms with Gasteiger partial charge >= 0.3 is 0 Å². The van der Waals surface area contributed by atoms with Crippen LogP contribution in [0, 0.1) is 6.92 Å². The number of rotatable bonds is 3. The Hall–Kier alpha value is -2.73. The average Bonchev–Trinajstić information content (AvgIpc) is 3.12. The number of pyridine rings is 1. The molecule has 1 saturated heterocycles. The van der Waals surface area contributed by atoms with E-state index in [0.717, 1.165) is 48.7 Å². The lowest BCUT2D eigenvalue weighted by Gasteiger charge is -2.33. The molecular weight excluding hydrogens is 314 g/mol. The zero-order chi connectivity index (χ0) is 17.2. The van der Waals surface area contributed by atoms with Gasteiger partial charge in [0.2, 0.25) is 5.82 Å². The molecule has 1 fully saturated rings. The second kappa shape index (κ2) is 6.64. The average molecular weight is 335 g/mol. The lowest BCUT2D eigenvalue weighted by Crippen LogP contribution is -2.45. The fourth-order valence-corrected chi connectivity index (χ4v) is 3.10. The third-order valence-corrected chi connectivity index (χ3v) is 4.63. The van der Waals surface area contributed by atoms with Crippen LogP contribution >= 0.6 is 0 Å². The molecule has 0 saturated carbocycles. The molecule has 0 spiro atoms. The van der Waals surface area contributed by atoms with Crippen molar-refractivity contribution in [3.8, 4) is 22.8 Å². The van der Waals surface area contributed by atoms with E-state index in [0.29, 0.717) is 11.7 Å². The first-order valence-corrected chi connectivity index (χ1v) is 8.51. The first kappa shape index (κ1) is 15.8. The monoisotopic (exact) mass is 335 g/mol. The first-order chi connectivity index (χ1) is 12.2. The van der Waals surface area contributed by atoms with Gasteiger partial charge in [-0.15, -0.1) is 0 Å². The van der Waals surface area contributed by atoms with Crippen LogP contribution in [0.15, 0.2) is 47.1 Å². The Morgan fingerprint density at radius 1 is 0.960 bits per heavy atom. The van der Waals surface area contributed by atoms with Gasteiger partial charge in [0.05, 0.1) is 5.56 Å². The van der Waals surface area contributed by atoms with Crippen LogP contribution in [0.3, 0.4) is 0 Å². The van der Waals surface area contributed by atoms with Gasteiger partial charge in [-0.2, -0.15) is 4.98 Å². The van der Waals surface area contributed by atoms with Crippen molar-refractivity contribution in [1.82, 2.24) is 20.0 Å². The van der Waals surface area contributed by atoms with Crippen molar-refractivity contribution >= 4 is 5.82 Å². The Bertz CT molecular complexity index is 868. The summed E-state index contributed by atoms with van der Waals surface area (Å²) in [6.45, 7) is 5.98. The first-order valence-electron chi connectivity index (χ1n) is 8.51. The van der Waals surface area contributed by atoms with Crippen LogP contribution in [0.1, 0.15) is 5.56 Å². The number of piperazine rings is 1. The molecule has 25 heavy (non-hydrogen) atoms. The van der Waals surface area contributed by atoms with Crippen LogP contribution in [-0.4, -0.2) is 53.3 Å². The van der Waals surface area contributed by atoms with Gasteiger partial charge in [-0.25, -0.2) is 4.98 Å². The lowest BCUT2D eigenvalue weighted by atomic mass is 10.1. The van der Waals surface area contributed by atoms with Crippen LogP contribution in [0.4, 0.5) is 5.82 Å². The van der Waals surface area contributed by atoms with E-state index in [4.69, 9.17) is 4.52 Å². The van der Waals surface area contributed by atoms with E-state index >= 15 is 0 Å². The third kappa shape index (κ3) is 3.13. The summed E-state index contributed by atoms with van der Waals surface area (Å²) in [4.78, 5) is 13.8. The summed E-state index contributed by atoms with van der Waals surface area (Å²) in [5.41, 5.74) is 3.00. The minimum absolute atomic E-state index is 0.514. The molecule has 0 unspecified atom stereocenters. The largest absolute Gasteiger partial charge is 0.353 e. The summed E-state index contributed by atoms with van der Waals surface area (Å²) in [6, 6.07) is 12.0. The van der Waals surface area contributed by atoms with Crippen molar-refractivity contribution in [3.05, 3.63) is 48.2 Å². The Kier molecular flexibility index (Phi) is 4.19. The maximum Gasteiger partial charge on any atom is 0.261 e. The summed E-state index contributed by atoms with van der Waals surface area (Å²) in [5.74, 6) is 2.04. The van der Waals surface area contributed by atoms with E-state index in [2.05, 4.69) is 32.0 Å². The summed E-state index contributed by atoms with van der Waals surface area (Å²) < 4.78 is 5.57. The van der Waals surface area contributed by atoms with Gasteiger partial charge in [-0.1, -0.05) is 29.4 Å². The SMILES string of the molecule is Cc1ccccc1-c1noc(-c2cccnc2N2CCN(C)CC2)n1. The fourth-order valence-electron chi connectivity index (χ4n) is 3.10. The molecule has 0 atom stereocenters. The number of anilines is 1. The Labute approximate surface area is 147 Å². The van der Waals surface area contributed by atoms with Crippen LogP contribution in [0.5, 0.6) is 0 Å². The standard InChI is InChI=1S/C19H21N5O/c1-14-6-3-4-7-15(14)17-21-19(25-22-17)16-8-5-9-20-18(16)24-12-10-23(2)11-13-24/h3-9H,10-13H2,1-2H3. The Morgan fingerprint density at radius 2 is 1.72 bits per heavy atom. The topological polar surface area (TPSA) is 58.3 Å². The second-order valence-corrected chi connectivity index (χ2v) is 6.40. The van der Waals surface area contributed by atoms with Crippen LogP contribution in [0.2, 0.25) is 0 Å². The highest BCUT2D eigenvalue weighted by Crippen LogP contribution is 2.30. The quantitative estimate of drug-likeness (QED) is 0.733. The highest BCUT2D eigenvalue weighted by Gasteiger charge is 2.22. The molecular formula is C19H21N5O. The van der Waals surface area contributed by atoms with Gasteiger partial charge in [0, 0.05) is 37.9 Å². The summed E-state index contributed by atoms with van der Waals surface area (Å²) in [5, 5.41) is 4.18. The van der Waals surface area contributed by atoms with Gasteiger partial charge in [0.1, 0.15) is 5.82 Å². The van der Waals surface area contributed by atoms with Gasteiger partial charge in [0.25, 0.3) is 5.89 Å². The maximum absolute atomic E-state index is 5.57. The maximum atomic E-state index is 5.57. The van der Waals surface area contributed by atoms with Gasteiger partial charge in [-0.3, -0.25) is 0 Å². The molecule has 3 heterocycles. The van der Waals surface area contributed by atoms with E-state index in [9.17, 15) is 0 Å².